The number of allylic oxidation sites excluding steroid dienone is 5. The topological polar surface area (TPSA) is 0 Å². The average Bonchev–Trinajstić information content (AvgIpc) is 1.81. The van der Waals surface area contributed by atoms with Crippen LogP contribution in [0.2, 0.25) is 0 Å². The van der Waals surface area contributed by atoms with Crippen LogP contribution in [-0.2, 0) is 0 Å². The maximum Gasteiger partial charge on any atom is 0.0421 e. The van der Waals surface area contributed by atoms with Crippen LogP contribution in [-0.4, -0.2) is 0 Å². The zero-order chi connectivity index (χ0) is 9.02. The minimum Gasteiger partial charge on any atom is -0.0850 e. The predicted molar refractivity (Wildman–Crippen MR) is 53.1 cm³/mol. The standard InChI is InChI=1S/C8H7Cl3/c1-5(9)4-8(6(2)10)7(3)11/h4H,1-3H2. The van der Waals surface area contributed by atoms with E-state index in [9.17, 15) is 0 Å². The Balaban J connectivity index is 4.75. The minimum atomic E-state index is 0.298. The molecule has 0 aliphatic rings. The molecule has 0 aromatic heterocycles. The molecular formula is C8H7Cl3. The molecule has 3 heteroatoms. The third kappa shape index (κ3) is 4.31. The van der Waals surface area contributed by atoms with E-state index in [-0.39, 0.29) is 0 Å². The summed E-state index contributed by atoms with van der Waals surface area (Å²) in [6.45, 7) is 10.4. The van der Waals surface area contributed by atoms with Gasteiger partial charge >= 0.3 is 0 Å². The van der Waals surface area contributed by atoms with E-state index in [1.807, 2.05) is 0 Å². The summed E-state index contributed by atoms with van der Waals surface area (Å²) in [5.41, 5.74) is 0.508. The largest absolute Gasteiger partial charge is 0.0850 e. The molecule has 0 fully saturated rings. The summed E-state index contributed by atoms with van der Waals surface area (Å²) in [4.78, 5) is 0. The van der Waals surface area contributed by atoms with Crippen molar-refractivity contribution >= 4 is 34.8 Å². The van der Waals surface area contributed by atoms with E-state index in [4.69, 9.17) is 34.8 Å². The first-order valence-corrected chi connectivity index (χ1v) is 3.84. The van der Waals surface area contributed by atoms with E-state index in [1.165, 1.54) is 6.08 Å². The Kier molecular flexibility index (Phi) is 4.58. The highest BCUT2D eigenvalue weighted by Gasteiger charge is 2.02. The first-order chi connectivity index (χ1) is 4.95. The van der Waals surface area contributed by atoms with Crippen LogP contribution < -0.4 is 0 Å². The van der Waals surface area contributed by atoms with Gasteiger partial charge in [-0.05, 0) is 6.08 Å². The van der Waals surface area contributed by atoms with Crippen molar-refractivity contribution in [1.29, 1.82) is 0 Å². The Morgan fingerprint density at radius 2 is 1.27 bits per heavy atom. The average molecular weight is 210 g/mol. The monoisotopic (exact) mass is 208 g/mol. The van der Waals surface area contributed by atoms with Gasteiger partial charge in [0.05, 0.1) is 0 Å². The van der Waals surface area contributed by atoms with Crippen LogP contribution in [0.3, 0.4) is 0 Å². The lowest BCUT2D eigenvalue weighted by molar-refractivity contribution is 1.63. The molecule has 0 aromatic carbocycles. The fourth-order valence-corrected chi connectivity index (χ4v) is 0.955. The fourth-order valence-electron chi connectivity index (χ4n) is 0.460. The van der Waals surface area contributed by atoms with E-state index in [1.54, 1.807) is 0 Å². The molecule has 0 unspecified atom stereocenters. The zero-order valence-electron chi connectivity index (χ0n) is 5.83. The van der Waals surface area contributed by atoms with E-state index < -0.39 is 0 Å². The molecule has 0 rings (SSSR count). The van der Waals surface area contributed by atoms with Crippen LogP contribution in [0.4, 0.5) is 0 Å². The van der Waals surface area contributed by atoms with Gasteiger partial charge in [-0.3, -0.25) is 0 Å². The summed E-state index contributed by atoms with van der Waals surface area (Å²) in [6, 6.07) is 0. The first kappa shape index (κ1) is 10.8. The van der Waals surface area contributed by atoms with Crippen molar-refractivity contribution in [3.8, 4) is 0 Å². The molecule has 0 radical (unpaired) electrons. The van der Waals surface area contributed by atoms with Crippen LogP contribution in [0.5, 0.6) is 0 Å². The number of hydrogen-bond acceptors (Lipinski definition) is 0. The lowest BCUT2D eigenvalue weighted by Crippen LogP contribution is -1.80. The van der Waals surface area contributed by atoms with Gasteiger partial charge in [-0.1, -0.05) is 54.5 Å². The quantitative estimate of drug-likeness (QED) is 0.612. The molecule has 0 saturated carbocycles. The highest BCUT2D eigenvalue weighted by Crippen LogP contribution is 2.24. The van der Waals surface area contributed by atoms with Crippen molar-refractivity contribution < 1.29 is 0 Å². The third-order valence-electron chi connectivity index (χ3n) is 0.885. The summed E-state index contributed by atoms with van der Waals surface area (Å²) in [6.07, 6.45) is 1.51. The van der Waals surface area contributed by atoms with Crippen molar-refractivity contribution in [2.75, 3.05) is 0 Å². The first-order valence-electron chi connectivity index (χ1n) is 2.70. The Labute approximate surface area is 81.4 Å². The highest BCUT2D eigenvalue weighted by atomic mass is 35.5. The molecule has 11 heavy (non-hydrogen) atoms. The smallest absolute Gasteiger partial charge is 0.0421 e. The third-order valence-corrected chi connectivity index (χ3v) is 1.40. The summed E-state index contributed by atoms with van der Waals surface area (Å²) in [7, 11) is 0. The Morgan fingerprint density at radius 1 is 0.909 bits per heavy atom. The molecule has 0 bridgehead atoms. The molecule has 0 nitrogen and oxygen atoms in total. The summed E-state index contributed by atoms with van der Waals surface area (Å²) >= 11 is 16.6. The van der Waals surface area contributed by atoms with Crippen LogP contribution >= 0.6 is 34.8 Å². The maximum absolute atomic E-state index is 5.58. The SMILES string of the molecule is C=C(Cl)C=C(C(=C)Cl)C(=C)Cl. The number of halogens is 3. The van der Waals surface area contributed by atoms with Gasteiger partial charge < -0.3 is 0 Å². The van der Waals surface area contributed by atoms with Crippen molar-refractivity contribution in [2.24, 2.45) is 0 Å². The summed E-state index contributed by atoms with van der Waals surface area (Å²) < 4.78 is 0. The van der Waals surface area contributed by atoms with Gasteiger partial charge in [0, 0.05) is 20.7 Å². The molecule has 0 saturated heterocycles. The van der Waals surface area contributed by atoms with Crippen molar-refractivity contribution in [3.63, 3.8) is 0 Å². The predicted octanol–water partition coefficient (Wildman–Crippen LogP) is 4.17. The van der Waals surface area contributed by atoms with Gasteiger partial charge in [0.15, 0.2) is 0 Å². The number of hydrogen-bond donors (Lipinski definition) is 0. The van der Waals surface area contributed by atoms with E-state index in [0.717, 1.165) is 0 Å². The molecule has 0 atom stereocenters. The van der Waals surface area contributed by atoms with E-state index in [2.05, 4.69) is 19.7 Å². The molecule has 0 aromatic rings. The lowest BCUT2D eigenvalue weighted by atomic mass is 10.2. The molecule has 60 valence electrons. The van der Waals surface area contributed by atoms with Crippen molar-refractivity contribution in [3.05, 3.63) is 46.5 Å². The second kappa shape index (κ2) is 4.66. The fraction of sp³-hybridized carbons (Fsp3) is 0. The second-order valence-corrected chi connectivity index (χ2v) is 3.21. The molecule has 0 aliphatic carbocycles. The Bertz CT molecular complexity index is 220. The van der Waals surface area contributed by atoms with Crippen LogP contribution in [0.25, 0.3) is 0 Å². The molecular weight excluding hydrogens is 202 g/mol. The van der Waals surface area contributed by atoms with Gasteiger partial charge in [0.25, 0.3) is 0 Å². The lowest BCUT2D eigenvalue weighted by Gasteiger charge is -2.00. The summed E-state index contributed by atoms with van der Waals surface area (Å²) in [5, 5.41) is 0.933. The van der Waals surface area contributed by atoms with Crippen molar-refractivity contribution in [1.82, 2.24) is 0 Å². The molecule has 0 amide bonds. The Hall–Kier alpha value is -0.170. The van der Waals surface area contributed by atoms with Gasteiger partial charge in [0.1, 0.15) is 0 Å². The normalized spacial score (nSPS) is 8.64. The van der Waals surface area contributed by atoms with Crippen LogP contribution in [0, 0.1) is 0 Å². The molecule has 0 N–H and O–H groups in total. The Morgan fingerprint density at radius 3 is 1.36 bits per heavy atom. The second-order valence-electron chi connectivity index (χ2n) is 1.81. The summed E-state index contributed by atoms with van der Waals surface area (Å²) in [5.74, 6) is 0. The molecule has 0 spiro atoms. The van der Waals surface area contributed by atoms with Gasteiger partial charge in [-0.2, -0.15) is 0 Å². The molecule has 0 heterocycles. The highest BCUT2D eigenvalue weighted by molar-refractivity contribution is 6.38. The maximum atomic E-state index is 5.58. The van der Waals surface area contributed by atoms with Crippen LogP contribution in [0.1, 0.15) is 0 Å². The van der Waals surface area contributed by atoms with Gasteiger partial charge in [0.2, 0.25) is 0 Å². The van der Waals surface area contributed by atoms with Crippen molar-refractivity contribution in [2.45, 2.75) is 0 Å². The van der Waals surface area contributed by atoms with Gasteiger partial charge in [-0.15, -0.1) is 0 Å². The van der Waals surface area contributed by atoms with Gasteiger partial charge in [-0.25, -0.2) is 0 Å². The zero-order valence-corrected chi connectivity index (χ0v) is 8.10. The van der Waals surface area contributed by atoms with E-state index >= 15 is 0 Å². The number of rotatable bonds is 3. The van der Waals surface area contributed by atoms with E-state index in [0.29, 0.717) is 20.7 Å². The molecule has 0 aliphatic heterocycles. The minimum absolute atomic E-state index is 0.298. The van der Waals surface area contributed by atoms with Crippen LogP contribution in [0.15, 0.2) is 46.5 Å².